The fourth-order valence-electron chi connectivity index (χ4n) is 1.66. The van der Waals surface area contributed by atoms with Gasteiger partial charge >= 0.3 is 0 Å². The lowest BCUT2D eigenvalue weighted by Crippen LogP contribution is -2.36. The molecule has 0 radical (unpaired) electrons. The highest BCUT2D eigenvalue weighted by molar-refractivity contribution is 5.81. The number of amides is 1. The number of aromatic nitrogens is 2. The first-order valence-electron chi connectivity index (χ1n) is 6.32. The van der Waals surface area contributed by atoms with E-state index in [9.17, 15) is 4.79 Å². The third-order valence-electron chi connectivity index (χ3n) is 2.90. The summed E-state index contributed by atoms with van der Waals surface area (Å²) < 4.78 is 0. The molecule has 0 aliphatic rings. The van der Waals surface area contributed by atoms with Crippen LogP contribution in [0.2, 0.25) is 0 Å². The van der Waals surface area contributed by atoms with Crippen LogP contribution in [0.15, 0.2) is 6.33 Å². The summed E-state index contributed by atoms with van der Waals surface area (Å²) in [4.78, 5) is 21.9. The standard InChI is InChI=1S/C13H22N4O/c1-5-6-7-14-12(18)8-17(4)13-10(2)11(3)15-9-16-13/h9H,5-8H2,1-4H3,(H,14,18). The van der Waals surface area contributed by atoms with Gasteiger partial charge in [0.1, 0.15) is 12.1 Å². The third kappa shape index (κ3) is 3.98. The SMILES string of the molecule is CCCCNC(=O)CN(C)c1ncnc(C)c1C. The molecule has 0 bridgehead atoms. The Hall–Kier alpha value is -1.65. The molecule has 0 aliphatic heterocycles. The van der Waals surface area contributed by atoms with Crippen molar-refractivity contribution < 1.29 is 4.79 Å². The Morgan fingerprint density at radius 3 is 2.78 bits per heavy atom. The van der Waals surface area contributed by atoms with Crippen molar-refractivity contribution in [1.29, 1.82) is 0 Å². The molecule has 100 valence electrons. The Balaban J connectivity index is 2.57. The van der Waals surface area contributed by atoms with Gasteiger partial charge in [0.15, 0.2) is 0 Å². The van der Waals surface area contributed by atoms with Crippen molar-refractivity contribution in [2.45, 2.75) is 33.6 Å². The molecule has 1 amide bonds. The maximum Gasteiger partial charge on any atom is 0.239 e. The molecular formula is C13H22N4O. The van der Waals surface area contributed by atoms with Crippen LogP contribution in [0.4, 0.5) is 5.82 Å². The van der Waals surface area contributed by atoms with Crippen LogP contribution in [-0.2, 0) is 4.79 Å². The van der Waals surface area contributed by atoms with Gasteiger partial charge in [-0.2, -0.15) is 0 Å². The zero-order chi connectivity index (χ0) is 13.5. The van der Waals surface area contributed by atoms with Crippen LogP contribution in [0, 0.1) is 13.8 Å². The van der Waals surface area contributed by atoms with E-state index in [-0.39, 0.29) is 5.91 Å². The Morgan fingerprint density at radius 2 is 2.11 bits per heavy atom. The van der Waals surface area contributed by atoms with Crippen molar-refractivity contribution in [3.8, 4) is 0 Å². The smallest absolute Gasteiger partial charge is 0.239 e. The van der Waals surface area contributed by atoms with Crippen molar-refractivity contribution in [1.82, 2.24) is 15.3 Å². The highest BCUT2D eigenvalue weighted by atomic mass is 16.2. The molecule has 0 saturated heterocycles. The van der Waals surface area contributed by atoms with Gasteiger partial charge in [0.05, 0.1) is 6.54 Å². The van der Waals surface area contributed by atoms with E-state index in [1.54, 1.807) is 0 Å². The monoisotopic (exact) mass is 250 g/mol. The number of anilines is 1. The fourth-order valence-corrected chi connectivity index (χ4v) is 1.66. The summed E-state index contributed by atoms with van der Waals surface area (Å²) in [6.07, 6.45) is 3.63. The van der Waals surface area contributed by atoms with E-state index in [4.69, 9.17) is 0 Å². The Bertz CT molecular complexity index is 406. The lowest BCUT2D eigenvalue weighted by atomic mass is 10.2. The van der Waals surface area contributed by atoms with E-state index in [2.05, 4.69) is 22.2 Å². The first-order valence-corrected chi connectivity index (χ1v) is 6.32. The van der Waals surface area contributed by atoms with Crippen molar-refractivity contribution in [2.75, 3.05) is 25.0 Å². The molecule has 0 fully saturated rings. The third-order valence-corrected chi connectivity index (χ3v) is 2.90. The predicted octanol–water partition coefficient (Wildman–Crippen LogP) is 1.45. The van der Waals surface area contributed by atoms with Crippen LogP contribution in [0.3, 0.4) is 0 Å². The maximum atomic E-state index is 11.7. The minimum Gasteiger partial charge on any atom is -0.355 e. The topological polar surface area (TPSA) is 58.1 Å². The Labute approximate surface area is 109 Å². The van der Waals surface area contributed by atoms with Crippen LogP contribution < -0.4 is 10.2 Å². The summed E-state index contributed by atoms with van der Waals surface area (Å²) in [6, 6.07) is 0. The molecule has 1 aromatic heterocycles. The van der Waals surface area contributed by atoms with Gasteiger partial charge in [0.2, 0.25) is 5.91 Å². The fraction of sp³-hybridized carbons (Fsp3) is 0.615. The molecule has 0 atom stereocenters. The van der Waals surface area contributed by atoms with E-state index in [1.807, 2.05) is 25.8 Å². The molecular weight excluding hydrogens is 228 g/mol. The van der Waals surface area contributed by atoms with Crippen LogP contribution >= 0.6 is 0 Å². The van der Waals surface area contributed by atoms with Gasteiger partial charge in [0, 0.05) is 24.8 Å². The van der Waals surface area contributed by atoms with E-state index < -0.39 is 0 Å². The molecule has 0 unspecified atom stereocenters. The lowest BCUT2D eigenvalue weighted by Gasteiger charge is -2.20. The van der Waals surface area contributed by atoms with Gasteiger partial charge in [-0.05, 0) is 20.3 Å². The molecule has 5 nitrogen and oxygen atoms in total. The average molecular weight is 250 g/mol. The predicted molar refractivity (Wildman–Crippen MR) is 72.7 cm³/mol. The Kier molecular flexibility index (Phi) is 5.55. The second kappa shape index (κ2) is 6.93. The number of aryl methyl sites for hydroxylation is 1. The summed E-state index contributed by atoms with van der Waals surface area (Å²) in [5.41, 5.74) is 1.96. The molecule has 1 heterocycles. The second-order valence-corrected chi connectivity index (χ2v) is 4.47. The number of unbranched alkanes of at least 4 members (excludes halogenated alkanes) is 1. The summed E-state index contributed by atoms with van der Waals surface area (Å²) in [7, 11) is 1.87. The normalized spacial score (nSPS) is 10.2. The number of carbonyl (C=O) groups is 1. The van der Waals surface area contributed by atoms with Crippen LogP contribution in [0.25, 0.3) is 0 Å². The molecule has 0 aliphatic carbocycles. The second-order valence-electron chi connectivity index (χ2n) is 4.47. The summed E-state index contributed by atoms with van der Waals surface area (Å²) >= 11 is 0. The van der Waals surface area contributed by atoms with E-state index >= 15 is 0 Å². The van der Waals surface area contributed by atoms with Crippen LogP contribution in [0.1, 0.15) is 31.0 Å². The van der Waals surface area contributed by atoms with Gasteiger partial charge in [-0.1, -0.05) is 13.3 Å². The molecule has 5 heteroatoms. The summed E-state index contributed by atoms with van der Waals surface area (Å²) in [5.74, 6) is 0.842. The zero-order valence-corrected chi connectivity index (χ0v) is 11.7. The van der Waals surface area contributed by atoms with E-state index in [0.29, 0.717) is 6.54 Å². The molecule has 1 rings (SSSR count). The molecule has 0 saturated carbocycles. The van der Waals surface area contributed by atoms with Crippen LogP contribution in [0.5, 0.6) is 0 Å². The molecule has 0 spiro atoms. The number of likely N-dealkylation sites (N-methyl/N-ethyl adjacent to an activating group) is 1. The largest absolute Gasteiger partial charge is 0.355 e. The van der Waals surface area contributed by atoms with Gasteiger partial charge < -0.3 is 10.2 Å². The summed E-state index contributed by atoms with van der Waals surface area (Å²) in [5, 5.41) is 2.89. The van der Waals surface area contributed by atoms with Gasteiger partial charge in [-0.25, -0.2) is 9.97 Å². The average Bonchev–Trinajstić information content (AvgIpc) is 2.32. The maximum absolute atomic E-state index is 11.7. The van der Waals surface area contributed by atoms with Gasteiger partial charge in [-0.15, -0.1) is 0 Å². The number of hydrogen-bond donors (Lipinski definition) is 1. The molecule has 0 aromatic carbocycles. The zero-order valence-electron chi connectivity index (χ0n) is 11.7. The number of carbonyl (C=O) groups excluding carboxylic acids is 1. The summed E-state index contributed by atoms with van der Waals surface area (Å²) in [6.45, 7) is 7.07. The van der Waals surface area contributed by atoms with Crippen LogP contribution in [-0.4, -0.2) is 36.0 Å². The number of nitrogens with zero attached hydrogens (tertiary/aromatic N) is 3. The number of nitrogens with one attached hydrogen (secondary N) is 1. The van der Waals surface area contributed by atoms with Gasteiger partial charge in [0.25, 0.3) is 0 Å². The highest BCUT2D eigenvalue weighted by Crippen LogP contribution is 2.16. The molecule has 1 N–H and O–H groups in total. The van der Waals surface area contributed by atoms with E-state index in [0.717, 1.165) is 36.5 Å². The van der Waals surface area contributed by atoms with Crippen molar-refractivity contribution >= 4 is 11.7 Å². The van der Waals surface area contributed by atoms with E-state index in [1.165, 1.54) is 6.33 Å². The highest BCUT2D eigenvalue weighted by Gasteiger charge is 2.11. The van der Waals surface area contributed by atoms with Gasteiger partial charge in [-0.3, -0.25) is 4.79 Å². The van der Waals surface area contributed by atoms with Crippen molar-refractivity contribution in [2.24, 2.45) is 0 Å². The Morgan fingerprint density at radius 1 is 1.39 bits per heavy atom. The van der Waals surface area contributed by atoms with Crippen molar-refractivity contribution in [3.63, 3.8) is 0 Å². The number of hydrogen-bond acceptors (Lipinski definition) is 4. The first kappa shape index (κ1) is 14.4. The first-order chi connectivity index (χ1) is 8.56. The molecule has 18 heavy (non-hydrogen) atoms. The molecule has 1 aromatic rings. The quantitative estimate of drug-likeness (QED) is 0.776. The lowest BCUT2D eigenvalue weighted by molar-refractivity contribution is -0.119. The minimum absolute atomic E-state index is 0.0293. The minimum atomic E-state index is 0.0293. The number of rotatable bonds is 6. The van der Waals surface area contributed by atoms with Crippen molar-refractivity contribution in [3.05, 3.63) is 17.6 Å².